The van der Waals surface area contributed by atoms with Crippen LogP contribution in [0, 0.1) is 13.8 Å². The third-order valence-corrected chi connectivity index (χ3v) is 2.72. The first kappa shape index (κ1) is 12.9. The number of hydrogen-bond donors (Lipinski definition) is 2. The fourth-order valence-corrected chi connectivity index (χ4v) is 1.78. The molecule has 0 aliphatic carbocycles. The molecule has 98 valence electrons. The third kappa shape index (κ3) is 3.04. The predicted molar refractivity (Wildman–Crippen MR) is 69.7 cm³/mol. The third-order valence-electron chi connectivity index (χ3n) is 2.72. The van der Waals surface area contributed by atoms with Crippen LogP contribution in [-0.2, 0) is 6.54 Å². The van der Waals surface area contributed by atoms with E-state index in [1.807, 2.05) is 19.9 Å². The van der Waals surface area contributed by atoms with Crippen molar-refractivity contribution in [2.75, 3.05) is 0 Å². The number of pyridine rings is 1. The zero-order chi connectivity index (χ0) is 13.8. The second-order valence-corrected chi connectivity index (χ2v) is 4.22. The van der Waals surface area contributed by atoms with Gasteiger partial charge in [-0.25, -0.2) is 4.98 Å². The average Bonchev–Trinajstić information content (AvgIpc) is 2.38. The molecule has 19 heavy (non-hydrogen) atoms. The van der Waals surface area contributed by atoms with Gasteiger partial charge >= 0.3 is 0 Å². The van der Waals surface area contributed by atoms with Crippen LogP contribution in [0.15, 0.2) is 29.5 Å². The predicted octanol–water partition coefficient (Wildman–Crippen LogP) is 0.712. The van der Waals surface area contributed by atoms with Gasteiger partial charge in [-0.2, -0.15) is 0 Å². The second-order valence-electron chi connectivity index (χ2n) is 4.22. The molecule has 0 fully saturated rings. The van der Waals surface area contributed by atoms with E-state index < -0.39 is 0 Å². The smallest absolute Gasteiger partial charge is 0.271 e. The molecule has 2 N–H and O–H groups in total. The molecule has 0 aliphatic heterocycles. The number of amides is 1. The van der Waals surface area contributed by atoms with E-state index in [4.69, 9.17) is 0 Å². The van der Waals surface area contributed by atoms with Gasteiger partial charge in [-0.1, -0.05) is 0 Å². The van der Waals surface area contributed by atoms with E-state index in [0.717, 1.165) is 11.3 Å². The molecule has 0 unspecified atom stereocenters. The number of aryl methyl sites for hydroxylation is 2. The average molecular weight is 258 g/mol. The lowest BCUT2D eigenvalue weighted by atomic mass is 10.1. The summed E-state index contributed by atoms with van der Waals surface area (Å²) < 4.78 is 0. The van der Waals surface area contributed by atoms with Crippen molar-refractivity contribution in [3.63, 3.8) is 0 Å². The van der Waals surface area contributed by atoms with Crippen molar-refractivity contribution < 1.29 is 4.79 Å². The topological polar surface area (TPSA) is 87.7 Å². The largest absolute Gasteiger partial charge is 0.346 e. The summed E-state index contributed by atoms with van der Waals surface area (Å²) in [5.74, 6) is -0.354. The Bertz CT molecular complexity index is 649. The molecule has 0 radical (unpaired) electrons. The van der Waals surface area contributed by atoms with E-state index in [2.05, 4.69) is 20.3 Å². The fourth-order valence-electron chi connectivity index (χ4n) is 1.78. The lowest BCUT2D eigenvalue weighted by Gasteiger charge is -2.07. The van der Waals surface area contributed by atoms with Crippen molar-refractivity contribution in [3.8, 4) is 0 Å². The van der Waals surface area contributed by atoms with Gasteiger partial charge in [0.1, 0.15) is 5.69 Å². The maximum absolute atomic E-state index is 11.8. The van der Waals surface area contributed by atoms with Gasteiger partial charge in [0.05, 0.1) is 6.20 Å². The van der Waals surface area contributed by atoms with Crippen LogP contribution in [0.25, 0.3) is 0 Å². The molecule has 0 atom stereocenters. The Labute approximate surface area is 109 Å². The maximum atomic E-state index is 11.8. The van der Waals surface area contributed by atoms with E-state index in [9.17, 15) is 9.59 Å². The Morgan fingerprint density at radius 1 is 1.37 bits per heavy atom. The molecule has 0 aromatic carbocycles. The molecule has 2 aromatic rings. The highest BCUT2D eigenvalue weighted by atomic mass is 16.2. The number of rotatable bonds is 3. The van der Waals surface area contributed by atoms with E-state index in [0.29, 0.717) is 5.56 Å². The summed E-state index contributed by atoms with van der Waals surface area (Å²) in [5.41, 5.74) is 2.23. The van der Waals surface area contributed by atoms with Crippen LogP contribution in [0.1, 0.15) is 27.3 Å². The van der Waals surface area contributed by atoms with Crippen LogP contribution < -0.4 is 10.9 Å². The molecule has 6 nitrogen and oxygen atoms in total. The van der Waals surface area contributed by atoms with Crippen molar-refractivity contribution in [2.24, 2.45) is 0 Å². The summed E-state index contributed by atoms with van der Waals surface area (Å²) in [6.07, 6.45) is 4.31. The first-order valence-electron chi connectivity index (χ1n) is 5.81. The summed E-state index contributed by atoms with van der Waals surface area (Å²) in [7, 11) is 0. The van der Waals surface area contributed by atoms with Crippen molar-refractivity contribution in [1.82, 2.24) is 20.3 Å². The van der Waals surface area contributed by atoms with Gasteiger partial charge in [0.25, 0.3) is 11.5 Å². The summed E-state index contributed by atoms with van der Waals surface area (Å²) >= 11 is 0. The van der Waals surface area contributed by atoms with E-state index in [1.165, 1.54) is 18.6 Å². The number of nitrogens with one attached hydrogen (secondary N) is 2. The molecule has 0 bridgehead atoms. The van der Waals surface area contributed by atoms with Crippen molar-refractivity contribution in [1.29, 1.82) is 0 Å². The van der Waals surface area contributed by atoms with Gasteiger partial charge in [0, 0.05) is 30.2 Å². The van der Waals surface area contributed by atoms with Crippen molar-refractivity contribution in [2.45, 2.75) is 20.4 Å². The second kappa shape index (κ2) is 5.43. The molecule has 2 heterocycles. The van der Waals surface area contributed by atoms with Gasteiger partial charge in [-0.3, -0.25) is 14.6 Å². The summed E-state index contributed by atoms with van der Waals surface area (Å²) in [5, 5.41) is 2.65. The van der Waals surface area contributed by atoms with Gasteiger partial charge in [0.15, 0.2) is 0 Å². The minimum Gasteiger partial charge on any atom is -0.346 e. The van der Waals surface area contributed by atoms with Gasteiger partial charge < -0.3 is 10.3 Å². The number of nitrogens with zero attached hydrogens (tertiary/aromatic N) is 2. The van der Waals surface area contributed by atoms with E-state index in [1.54, 1.807) is 0 Å². The van der Waals surface area contributed by atoms with Crippen LogP contribution in [0.3, 0.4) is 0 Å². The quantitative estimate of drug-likeness (QED) is 0.848. The van der Waals surface area contributed by atoms with E-state index >= 15 is 0 Å². The SMILES string of the molecule is Cc1cc(C)c(CNC(=O)c2cnccn2)c(=O)[nH]1. The molecule has 0 aliphatic rings. The number of aromatic nitrogens is 3. The van der Waals surface area contributed by atoms with Gasteiger partial charge in [0.2, 0.25) is 0 Å². The monoisotopic (exact) mass is 258 g/mol. The number of hydrogen-bond acceptors (Lipinski definition) is 4. The maximum Gasteiger partial charge on any atom is 0.271 e. The first-order valence-corrected chi connectivity index (χ1v) is 5.81. The summed E-state index contributed by atoms with van der Waals surface area (Å²) in [6, 6.07) is 1.87. The lowest BCUT2D eigenvalue weighted by Crippen LogP contribution is -2.28. The van der Waals surface area contributed by atoms with E-state index in [-0.39, 0.29) is 23.7 Å². The highest BCUT2D eigenvalue weighted by molar-refractivity contribution is 5.91. The highest BCUT2D eigenvalue weighted by Crippen LogP contribution is 2.03. The zero-order valence-electron chi connectivity index (χ0n) is 10.7. The molecule has 0 saturated heterocycles. The number of carbonyl (C=O) groups is 1. The zero-order valence-corrected chi connectivity index (χ0v) is 10.7. The fraction of sp³-hybridized carbons (Fsp3) is 0.231. The summed E-state index contributed by atoms with van der Waals surface area (Å²) in [4.78, 5) is 34.0. The Morgan fingerprint density at radius 3 is 2.79 bits per heavy atom. The highest BCUT2D eigenvalue weighted by Gasteiger charge is 2.09. The van der Waals surface area contributed by atoms with Gasteiger partial charge in [-0.05, 0) is 25.5 Å². The van der Waals surface area contributed by atoms with Crippen LogP contribution in [0.2, 0.25) is 0 Å². The molecule has 6 heteroatoms. The van der Waals surface area contributed by atoms with Crippen LogP contribution in [0.4, 0.5) is 0 Å². The minimum atomic E-state index is -0.354. The molecular formula is C13H14N4O2. The van der Waals surface area contributed by atoms with Gasteiger partial charge in [-0.15, -0.1) is 0 Å². The Balaban J connectivity index is 2.12. The molecule has 0 saturated carbocycles. The normalized spacial score (nSPS) is 10.2. The standard InChI is InChI=1S/C13H14N4O2/c1-8-5-9(2)17-12(18)10(8)6-16-13(19)11-7-14-3-4-15-11/h3-5,7H,6H2,1-2H3,(H,16,19)(H,17,18). The molecular weight excluding hydrogens is 244 g/mol. The van der Waals surface area contributed by atoms with Crippen LogP contribution in [0.5, 0.6) is 0 Å². The Hall–Kier alpha value is -2.50. The van der Waals surface area contributed by atoms with Crippen molar-refractivity contribution in [3.05, 3.63) is 57.5 Å². The van der Waals surface area contributed by atoms with Crippen LogP contribution in [-0.4, -0.2) is 20.9 Å². The minimum absolute atomic E-state index is 0.164. The van der Waals surface area contributed by atoms with Crippen LogP contribution >= 0.6 is 0 Å². The Morgan fingerprint density at radius 2 is 2.16 bits per heavy atom. The number of H-pyrrole nitrogens is 1. The molecule has 2 rings (SSSR count). The molecule has 0 spiro atoms. The summed E-state index contributed by atoms with van der Waals surface area (Å²) in [6.45, 7) is 3.82. The molecule has 1 amide bonds. The first-order chi connectivity index (χ1) is 9.08. The lowest BCUT2D eigenvalue weighted by molar-refractivity contribution is 0.0945. The van der Waals surface area contributed by atoms with Crippen molar-refractivity contribution >= 4 is 5.91 Å². The Kier molecular flexibility index (Phi) is 3.70. The molecule has 2 aromatic heterocycles. The number of aromatic amines is 1. The number of carbonyl (C=O) groups excluding carboxylic acids is 1.